The number of aryl methyl sites for hydroxylation is 1. The number of rotatable bonds is 7. The standard InChI is InChI=1S/C17H23N5O3/c1-11-4-3-5-18-15(11)17(24)19-13-8-12(9-13)16-21-20-14(10-23)22(16)6-7-25-2/h3-5,12-13,23H,6-10H2,1-2H3,(H,19,24). The molecule has 1 amide bonds. The minimum absolute atomic E-state index is 0.101. The van der Waals surface area contributed by atoms with Gasteiger partial charge in [0, 0.05) is 31.8 Å². The molecule has 0 aliphatic heterocycles. The molecule has 3 rings (SSSR count). The normalized spacial score (nSPS) is 19.5. The minimum Gasteiger partial charge on any atom is -0.388 e. The van der Waals surface area contributed by atoms with Gasteiger partial charge in [-0.25, -0.2) is 0 Å². The lowest BCUT2D eigenvalue weighted by molar-refractivity contribution is 0.0900. The van der Waals surface area contributed by atoms with E-state index in [0.717, 1.165) is 24.2 Å². The molecule has 2 N–H and O–H groups in total. The van der Waals surface area contributed by atoms with E-state index in [1.807, 2.05) is 23.6 Å². The molecule has 134 valence electrons. The number of aliphatic hydroxyl groups excluding tert-OH is 1. The van der Waals surface area contributed by atoms with Gasteiger partial charge in [0.1, 0.15) is 18.1 Å². The largest absolute Gasteiger partial charge is 0.388 e. The van der Waals surface area contributed by atoms with E-state index in [-0.39, 0.29) is 24.5 Å². The SMILES string of the molecule is COCCn1c(CO)nnc1C1CC(NC(=O)c2ncccc2C)C1. The van der Waals surface area contributed by atoms with Crippen molar-refractivity contribution >= 4 is 5.91 Å². The number of carbonyl (C=O) groups excluding carboxylic acids is 1. The smallest absolute Gasteiger partial charge is 0.270 e. The maximum absolute atomic E-state index is 12.3. The van der Waals surface area contributed by atoms with E-state index in [1.54, 1.807) is 13.3 Å². The third-order valence-corrected chi connectivity index (χ3v) is 4.58. The van der Waals surface area contributed by atoms with E-state index in [0.29, 0.717) is 24.7 Å². The van der Waals surface area contributed by atoms with Crippen LogP contribution in [0, 0.1) is 6.92 Å². The highest BCUT2D eigenvalue weighted by molar-refractivity contribution is 5.93. The van der Waals surface area contributed by atoms with Crippen LogP contribution in [0.3, 0.4) is 0 Å². The number of carbonyl (C=O) groups is 1. The molecule has 2 heterocycles. The molecule has 1 fully saturated rings. The van der Waals surface area contributed by atoms with E-state index >= 15 is 0 Å². The second-order valence-electron chi connectivity index (χ2n) is 6.28. The van der Waals surface area contributed by atoms with Crippen molar-refractivity contribution in [3.8, 4) is 0 Å². The van der Waals surface area contributed by atoms with Crippen LogP contribution in [0.1, 0.15) is 46.5 Å². The van der Waals surface area contributed by atoms with Crippen molar-refractivity contribution in [2.24, 2.45) is 0 Å². The summed E-state index contributed by atoms with van der Waals surface area (Å²) in [5.41, 5.74) is 1.33. The van der Waals surface area contributed by atoms with Crippen LogP contribution in [-0.4, -0.2) is 50.5 Å². The fourth-order valence-corrected chi connectivity index (χ4v) is 3.12. The fourth-order valence-electron chi connectivity index (χ4n) is 3.12. The molecule has 1 aliphatic carbocycles. The van der Waals surface area contributed by atoms with Crippen molar-refractivity contribution in [3.63, 3.8) is 0 Å². The first-order valence-electron chi connectivity index (χ1n) is 8.38. The molecule has 0 unspecified atom stereocenters. The van der Waals surface area contributed by atoms with Crippen molar-refractivity contribution in [1.82, 2.24) is 25.1 Å². The van der Waals surface area contributed by atoms with Gasteiger partial charge < -0.3 is 19.7 Å². The average Bonchev–Trinajstić information content (AvgIpc) is 2.98. The summed E-state index contributed by atoms with van der Waals surface area (Å²) in [7, 11) is 1.64. The van der Waals surface area contributed by atoms with Gasteiger partial charge in [0.15, 0.2) is 5.82 Å². The highest BCUT2D eigenvalue weighted by Crippen LogP contribution is 2.36. The molecule has 0 spiro atoms. The summed E-state index contributed by atoms with van der Waals surface area (Å²) in [6.07, 6.45) is 3.22. The maximum Gasteiger partial charge on any atom is 0.270 e. The Morgan fingerprint density at radius 1 is 1.44 bits per heavy atom. The van der Waals surface area contributed by atoms with Gasteiger partial charge in [0.25, 0.3) is 5.91 Å². The lowest BCUT2D eigenvalue weighted by Gasteiger charge is -2.35. The highest BCUT2D eigenvalue weighted by Gasteiger charge is 2.35. The van der Waals surface area contributed by atoms with Crippen LogP contribution in [0.25, 0.3) is 0 Å². The van der Waals surface area contributed by atoms with Gasteiger partial charge in [-0.05, 0) is 31.4 Å². The van der Waals surface area contributed by atoms with Crippen molar-refractivity contribution in [1.29, 1.82) is 0 Å². The monoisotopic (exact) mass is 345 g/mol. The van der Waals surface area contributed by atoms with Gasteiger partial charge in [-0.2, -0.15) is 0 Å². The van der Waals surface area contributed by atoms with Crippen molar-refractivity contribution in [3.05, 3.63) is 41.2 Å². The molecule has 25 heavy (non-hydrogen) atoms. The number of amides is 1. The molecule has 0 atom stereocenters. The lowest BCUT2D eigenvalue weighted by Crippen LogP contribution is -2.44. The number of ether oxygens (including phenoxy) is 1. The van der Waals surface area contributed by atoms with Gasteiger partial charge in [-0.15, -0.1) is 10.2 Å². The second kappa shape index (κ2) is 7.71. The summed E-state index contributed by atoms with van der Waals surface area (Å²) in [4.78, 5) is 16.5. The zero-order chi connectivity index (χ0) is 17.8. The lowest BCUT2D eigenvalue weighted by atomic mass is 9.79. The number of methoxy groups -OCH3 is 1. The molecule has 1 saturated carbocycles. The van der Waals surface area contributed by atoms with Gasteiger partial charge in [0.05, 0.1) is 6.61 Å². The van der Waals surface area contributed by atoms with Crippen LogP contribution < -0.4 is 5.32 Å². The highest BCUT2D eigenvalue weighted by atomic mass is 16.5. The maximum atomic E-state index is 12.3. The molecule has 0 aromatic carbocycles. The van der Waals surface area contributed by atoms with Gasteiger partial charge >= 0.3 is 0 Å². The number of hydrogen-bond donors (Lipinski definition) is 2. The number of aliphatic hydroxyl groups is 1. The summed E-state index contributed by atoms with van der Waals surface area (Å²) in [5, 5.41) is 20.7. The predicted molar refractivity (Wildman–Crippen MR) is 90.0 cm³/mol. The molecule has 8 heteroatoms. The van der Waals surface area contributed by atoms with Crippen molar-refractivity contribution in [2.75, 3.05) is 13.7 Å². The van der Waals surface area contributed by atoms with Crippen LogP contribution in [0.4, 0.5) is 0 Å². The van der Waals surface area contributed by atoms with E-state index < -0.39 is 0 Å². The third kappa shape index (κ3) is 3.69. The number of hydrogen-bond acceptors (Lipinski definition) is 6. The van der Waals surface area contributed by atoms with Crippen LogP contribution in [0.5, 0.6) is 0 Å². The van der Waals surface area contributed by atoms with E-state index in [2.05, 4.69) is 20.5 Å². The molecule has 8 nitrogen and oxygen atoms in total. The molecule has 0 bridgehead atoms. The topological polar surface area (TPSA) is 102 Å². The van der Waals surface area contributed by atoms with Crippen LogP contribution in [0.2, 0.25) is 0 Å². The molecular weight excluding hydrogens is 322 g/mol. The van der Waals surface area contributed by atoms with Gasteiger partial charge in [-0.1, -0.05) is 6.07 Å². The second-order valence-corrected chi connectivity index (χ2v) is 6.28. The average molecular weight is 345 g/mol. The Labute approximate surface area is 146 Å². The summed E-state index contributed by atoms with van der Waals surface area (Å²) in [5.74, 6) is 1.47. The summed E-state index contributed by atoms with van der Waals surface area (Å²) in [6, 6.07) is 3.79. The molecule has 2 aromatic rings. The zero-order valence-electron chi connectivity index (χ0n) is 14.5. The third-order valence-electron chi connectivity index (χ3n) is 4.58. The van der Waals surface area contributed by atoms with E-state index in [9.17, 15) is 9.90 Å². The van der Waals surface area contributed by atoms with Crippen LogP contribution in [0.15, 0.2) is 18.3 Å². The van der Waals surface area contributed by atoms with E-state index in [1.165, 1.54) is 0 Å². The molecule has 0 radical (unpaired) electrons. The molecule has 2 aromatic heterocycles. The molecule has 1 aliphatic rings. The van der Waals surface area contributed by atoms with Gasteiger partial charge in [0.2, 0.25) is 0 Å². The van der Waals surface area contributed by atoms with Gasteiger partial charge in [-0.3, -0.25) is 9.78 Å². The minimum atomic E-state index is -0.150. The van der Waals surface area contributed by atoms with Crippen molar-refractivity contribution < 1.29 is 14.6 Å². The molecule has 0 saturated heterocycles. The summed E-state index contributed by atoms with van der Waals surface area (Å²) < 4.78 is 7.02. The summed E-state index contributed by atoms with van der Waals surface area (Å²) in [6.45, 7) is 2.86. The van der Waals surface area contributed by atoms with E-state index in [4.69, 9.17) is 4.74 Å². The Bertz CT molecular complexity index is 740. The quantitative estimate of drug-likeness (QED) is 0.769. The first-order valence-corrected chi connectivity index (χ1v) is 8.38. The summed E-state index contributed by atoms with van der Waals surface area (Å²) >= 11 is 0. The zero-order valence-corrected chi connectivity index (χ0v) is 14.5. The Hall–Kier alpha value is -2.32. The number of aromatic nitrogens is 4. The predicted octanol–water partition coefficient (Wildman–Crippen LogP) is 0.796. The number of nitrogens with zero attached hydrogens (tertiary/aromatic N) is 4. The first kappa shape index (κ1) is 17.5. The van der Waals surface area contributed by atoms with Crippen LogP contribution in [-0.2, 0) is 17.9 Å². The Balaban J connectivity index is 1.60. The fraction of sp³-hybridized carbons (Fsp3) is 0.529. The first-order chi connectivity index (χ1) is 12.1. The number of nitrogens with one attached hydrogen (secondary N) is 1. The Morgan fingerprint density at radius 2 is 2.24 bits per heavy atom. The number of pyridine rings is 1. The Kier molecular flexibility index (Phi) is 5.40. The van der Waals surface area contributed by atoms with Crippen molar-refractivity contribution in [2.45, 2.75) is 44.9 Å². The van der Waals surface area contributed by atoms with Crippen LogP contribution >= 0.6 is 0 Å². The Morgan fingerprint density at radius 3 is 2.92 bits per heavy atom. The molecular formula is C17H23N5O3.